The van der Waals surface area contributed by atoms with Crippen LogP contribution in [0.2, 0.25) is 0 Å². The number of hydrogen-bond acceptors (Lipinski definition) is 6. The van der Waals surface area contributed by atoms with Crippen molar-refractivity contribution in [1.29, 1.82) is 0 Å². The van der Waals surface area contributed by atoms with Crippen molar-refractivity contribution in [1.82, 2.24) is 4.90 Å². The maximum Gasteiger partial charge on any atom is 0.341 e. The summed E-state index contributed by atoms with van der Waals surface area (Å²) in [5.74, 6) is -0.149. The Bertz CT molecular complexity index is 1110. The molecule has 4 atom stereocenters. The summed E-state index contributed by atoms with van der Waals surface area (Å²) < 4.78 is 18.2. The molecule has 1 amide bonds. The molecule has 180 valence electrons. The molecule has 3 aliphatic heterocycles. The number of aromatic hydroxyl groups is 1. The number of ether oxygens (including phenoxy) is 3. The van der Waals surface area contributed by atoms with Gasteiger partial charge in [-0.15, -0.1) is 0 Å². The highest BCUT2D eigenvalue weighted by molar-refractivity contribution is 5.97. The first-order chi connectivity index (χ1) is 16.2. The highest BCUT2D eigenvalue weighted by Crippen LogP contribution is 2.54. The number of piperidine rings is 1. The molecule has 3 heterocycles. The second-order valence-corrected chi connectivity index (χ2v) is 9.82. The number of phenolic OH excluding ortho intramolecular Hbond substituents is 1. The zero-order valence-electron chi connectivity index (χ0n) is 19.3. The van der Waals surface area contributed by atoms with Gasteiger partial charge in [-0.3, -0.25) is 4.79 Å². The molecule has 0 saturated carbocycles. The SMILES string of the molecule is CC1(C)Oc2c(O)cccc2[C@@H]2O[C@@H]3CCN(C(=O)c4ccccc4OCC(=O)O)C[C@@H]3C[C@H]21. The number of phenols is 1. The Kier molecular flexibility index (Phi) is 5.64. The molecule has 0 spiro atoms. The molecule has 0 unspecified atom stereocenters. The van der Waals surface area contributed by atoms with Crippen molar-refractivity contribution in [2.75, 3.05) is 19.7 Å². The number of hydrogen-bond donors (Lipinski definition) is 2. The lowest BCUT2D eigenvalue weighted by Crippen LogP contribution is -2.56. The van der Waals surface area contributed by atoms with Gasteiger partial charge >= 0.3 is 5.97 Å². The topological polar surface area (TPSA) is 106 Å². The normalized spacial score (nSPS) is 26.9. The summed E-state index contributed by atoms with van der Waals surface area (Å²) in [4.78, 5) is 26.1. The monoisotopic (exact) mass is 467 g/mol. The summed E-state index contributed by atoms with van der Waals surface area (Å²) in [7, 11) is 0. The standard InChI is InChI=1S/C26H29NO7/c1-26(2)18-12-15-13-27(25(31)16-6-3-4-9-21(16)32-14-22(29)30)11-10-20(15)33-23(18)17-7-5-8-19(28)24(17)34-26/h3-9,15,18,20,23,28H,10-14H2,1-2H3,(H,29,30)/t15-,18+,20+,23-/m0/s1. The first-order valence-electron chi connectivity index (χ1n) is 11.6. The van der Waals surface area contributed by atoms with E-state index in [1.807, 2.05) is 30.9 Å². The van der Waals surface area contributed by atoms with Crippen LogP contribution >= 0.6 is 0 Å². The number of carbonyl (C=O) groups is 2. The van der Waals surface area contributed by atoms with Crippen LogP contribution in [0.5, 0.6) is 17.2 Å². The molecule has 34 heavy (non-hydrogen) atoms. The predicted octanol–water partition coefficient (Wildman–Crippen LogP) is 3.64. The van der Waals surface area contributed by atoms with Gasteiger partial charge in [0.2, 0.25) is 0 Å². The van der Waals surface area contributed by atoms with Gasteiger partial charge in [-0.1, -0.05) is 24.3 Å². The number of aliphatic carboxylic acids is 1. The van der Waals surface area contributed by atoms with E-state index < -0.39 is 18.2 Å². The molecule has 0 aliphatic carbocycles. The van der Waals surface area contributed by atoms with E-state index in [1.54, 1.807) is 30.3 Å². The van der Waals surface area contributed by atoms with E-state index >= 15 is 0 Å². The number of amides is 1. The third-order valence-corrected chi connectivity index (χ3v) is 7.25. The van der Waals surface area contributed by atoms with Crippen LogP contribution in [0.4, 0.5) is 0 Å². The molecule has 5 rings (SSSR count). The van der Waals surface area contributed by atoms with Crippen LogP contribution in [-0.4, -0.2) is 58.4 Å². The Morgan fingerprint density at radius 1 is 1.18 bits per heavy atom. The van der Waals surface area contributed by atoms with Crippen molar-refractivity contribution < 1.29 is 34.0 Å². The summed E-state index contributed by atoms with van der Waals surface area (Å²) in [5, 5.41) is 19.3. The highest BCUT2D eigenvalue weighted by atomic mass is 16.5. The summed E-state index contributed by atoms with van der Waals surface area (Å²) >= 11 is 0. The predicted molar refractivity (Wildman–Crippen MR) is 122 cm³/mol. The number of fused-ring (bicyclic) bond motifs is 4. The van der Waals surface area contributed by atoms with Gasteiger partial charge in [-0.05, 0) is 44.9 Å². The number of para-hydroxylation sites is 2. The van der Waals surface area contributed by atoms with Crippen molar-refractivity contribution in [2.24, 2.45) is 11.8 Å². The van der Waals surface area contributed by atoms with E-state index in [0.29, 0.717) is 30.8 Å². The van der Waals surface area contributed by atoms with Crippen LogP contribution < -0.4 is 9.47 Å². The van der Waals surface area contributed by atoms with Crippen LogP contribution in [0.1, 0.15) is 48.7 Å². The van der Waals surface area contributed by atoms with E-state index in [4.69, 9.17) is 19.3 Å². The number of rotatable bonds is 4. The minimum absolute atomic E-state index is 0.00732. The lowest BCUT2D eigenvalue weighted by Gasteiger charge is -2.53. The number of nitrogens with zero attached hydrogens (tertiary/aromatic N) is 1. The molecule has 0 bridgehead atoms. The third kappa shape index (κ3) is 3.96. The minimum atomic E-state index is -1.09. The average molecular weight is 468 g/mol. The van der Waals surface area contributed by atoms with Crippen LogP contribution in [0, 0.1) is 11.8 Å². The number of benzene rings is 2. The van der Waals surface area contributed by atoms with E-state index in [-0.39, 0.29) is 41.4 Å². The first kappa shape index (κ1) is 22.5. The van der Waals surface area contributed by atoms with Crippen molar-refractivity contribution in [2.45, 2.75) is 44.5 Å². The quantitative estimate of drug-likeness (QED) is 0.707. The summed E-state index contributed by atoms with van der Waals surface area (Å²) in [6.45, 7) is 4.62. The smallest absolute Gasteiger partial charge is 0.341 e. The van der Waals surface area contributed by atoms with Gasteiger partial charge in [0.25, 0.3) is 5.91 Å². The van der Waals surface area contributed by atoms with Gasteiger partial charge in [0, 0.05) is 30.5 Å². The van der Waals surface area contributed by atoms with Gasteiger partial charge < -0.3 is 29.3 Å². The van der Waals surface area contributed by atoms with Crippen LogP contribution in [0.3, 0.4) is 0 Å². The third-order valence-electron chi connectivity index (χ3n) is 7.25. The largest absolute Gasteiger partial charge is 0.504 e. The summed E-state index contributed by atoms with van der Waals surface area (Å²) in [5.41, 5.74) is 0.707. The summed E-state index contributed by atoms with van der Waals surface area (Å²) in [6.07, 6.45) is 1.37. The molecule has 0 aromatic heterocycles. The zero-order chi connectivity index (χ0) is 24.0. The number of carboxylic acids is 1. The molecule has 8 nitrogen and oxygen atoms in total. The Balaban J connectivity index is 1.35. The van der Waals surface area contributed by atoms with E-state index in [1.165, 1.54) is 0 Å². The van der Waals surface area contributed by atoms with Crippen molar-refractivity contribution in [3.05, 3.63) is 53.6 Å². The molecule has 8 heteroatoms. The molecular formula is C26H29NO7. The lowest BCUT2D eigenvalue weighted by molar-refractivity contribution is -0.184. The second-order valence-electron chi connectivity index (χ2n) is 9.82. The average Bonchev–Trinajstić information content (AvgIpc) is 2.82. The molecule has 0 radical (unpaired) electrons. The zero-order valence-corrected chi connectivity index (χ0v) is 19.3. The van der Waals surface area contributed by atoms with Crippen LogP contribution in [0.15, 0.2) is 42.5 Å². The fraction of sp³-hybridized carbons (Fsp3) is 0.462. The van der Waals surface area contributed by atoms with Gasteiger partial charge in [0.1, 0.15) is 11.4 Å². The number of carbonyl (C=O) groups excluding carboxylic acids is 1. The number of likely N-dealkylation sites (tertiary alicyclic amines) is 1. The fourth-order valence-corrected chi connectivity index (χ4v) is 5.57. The number of carboxylic acid groups (broad SMARTS) is 1. The molecule has 2 aromatic carbocycles. The van der Waals surface area contributed by atoms with Crippen molar-refractivity contribution in [3.8, 4) is 17.2 Å². The Hall–Kier alpha value is -3.26. The molecule has 2 N–H and O–H groups in total. The fourth-order valence-electron chi connectivity index (χ4n) is 5.57. The van der Waals surface area contributed by atoms with E-state index in [2.05, 4.69) is 0 Å². The Morgan fingerprint density at radius 3 is 2.76 bits per heavy atom. The molecule has 3 aliphatic rings. The Labute approximate surface area is 198 Å². The first-order valence-corrected chi connectivity index (χ1v) is 11.6. The molecule has 2 saturated heterocycles. The second kappa shape index (κ2) is 8.51. The van der Waals surface area contributed by atoms with Gasteiger partial charge in [-0.25, -0.2) is 4.79 Å². The molecule has 2 aromatic rings. The van der Waals surface area contributed by atoms with Gasteiger partial charge in [0.05, 0.1) is 17.8 Å². The minimum Gasteiger partial charge on any atom is -0.504 e. The lowest BCUT2D eigenvalue weighted by atomic mass is 9.70. The Morgan fingerprint density at radius 2 is 1.97 bits per heavy atom. The van der Waals surface area contributed by atoms with Crippen molar-refractivity contribution in [3.63, 3.8) is 0 Å². The van der Waals surface area contributed by atoms with Crippen molar-refractivity contribution >= 4 is 11.9 Å². The van der Waals surface area contributed by atoms with Gasteiger partial charge in [-0.2, -0.15) is 0 Å². The maximum atomic E-state index is 13.4. The van der Waals surface area contributed by atoms with E-state index in [0.717, 1.165) is 12.0 Å². The van der Waals surface area contributed by atoms with Gasteiger partial charge in [0.15, 0.2) is 18.1 Å². The van der Waals surface area contributed by atoms with Crippen LogP contribution in [0.25, 0.3) is 0 Å². The summed E-state index contributed by atoms with van der Waals surface area (Å²) in [6, 6.07) is 12.1. The van der Waals surface area contributed by atoms with Crippen LogP contribution in [-0.2, 0) is 9.53 Å². The molecular weight excluding hydrogens is 438 g/mol. The highest BCUT2D eigenvalue weighted by Gasteiger charge is 2.52. The van der Waals surface area contributed by atoms with E-state index in [9.17, 15) is 14.7 Å². The maximum absolute atomic E-state index is 13.4. The molecule has 2 fully saturated rings.